The van der Waals surface area contributed by atoms with Crippen LogP contribution in [0.2, 0.25) is 0 Å². The summed E-state index contributed by atoms with van der Waals surface area (Å²) in [5, 5.41) is 19.2. The third kappa shape index (κ3) is 2.27. The zero-order valence-electron chi connectivity index (χ0n) is 9.45. The molecule has 1 N–H and O–H groups in total. The Kier molecular flexibility index (Phi) is 3.55. The summed E-state index contributed by atoms with van der Waals surface area (Å²) in [5.74, 6) is 0.973. The van der Waals surface area contributed by atoms with Crippen LogP contribution in [-0.4, -0.2) is 10.7 Å². The van der Waals surface area contributed by atoms with Crippen molar-refractivity contribution in [1.29, 1.82) is 5.26 Å². The van der Waals surface area contributed by atoms with Gasteiger partial charge in [0.15, 0.2) is 0 Å². The van der Waals surface area contributed by atoms with Crippen molar-refractivity contribution in [2.45, 2.75) is 52.1 Å². The molecule has 0 aliphatic heterocycles. The van der Waals surface area contributed by atoms with E-state index in [4.69, 9.17) is 5.26 Å². The molecule has 1 saturated carbocycles. The van der Waals surface area contributed by atoms with E-state index < -0.39 is 5.60 Å². The molecule has 0 radical (unpaired) electrons. The van der Waals surface area contributed by atoms with Crippen molar-refractivity contribution < 1.29 is 5.11 Å². The highest BCUT2D eigenvalue weighted by Gasteiger charge is 2.39. The highest BCUT2D eigenvalue weighted by Crippen LogP contribution is 2.40. The van der Waals surface area contributed by atoms with Crippen LogP contribution in [0.4, 0.5) is 0 Å². The Bertz CT molecular complexity index is 231. The molecule has 80 valence electrons. The monoisotopic (exact) mass is 195 g/mol. The number of aliphatic hydroxyl groups is 1. The van der Waals surface area contributed by atoms with E-state index in [1.807, 2.05) is 6.92 Å². The Morgan fingerprint density at radius 1 is 1.43 bits per heavy atom. The minimum Gasteiger partial charge on any atom is -0.389 e. The predicted octanol–water partition coefficient (Wildman–Crippen LogP) is 2.72. The van der Waals surface area contributed by atoms with Crippen molar-refractivity contribution in [2.75, 3.05) is 0 Å². The van der Waals surface area contributed by atoms with Gasteiger partial charge in [-0.05, 0) is 38.0 Å². The van der Waals surface area contributed by atoms with Crippen molar-refractivity contribution in [3.05, 3.63) is 0 Å². The molecule has 0 heterocycles. The Morgan fingerprint density at radius 2 is 2.07 bits per heavy atom. The van der Waals surface area contributed by atoms with Crippen molar-refractivity contribution in [2.24, 2.45) is 17.8 Å². The topological polar surface area (TPSA) is 44.0 Å². The van der Waals surface area contributed by atoms with Gasteiger partial charge in [0.2, 0.25) is 0 Å². The van der Waals surface area contributed by atoms with E-state index in [-0.39, 0.29) is 5.92 Å². The fourth-order valence-electron chi connectivity index (χ4n) is 2.41. The standard InChI is InChI=1S/C12H21NO/c1-9(2)11-5-4-6-12(14,7-11)10(3)8-13/h9-11,14H,4-7H2,1-3H3. The van der Waals surface area contributed by atoms with Gasteiger partial charge < -0.3 is 5.11 Å². The molecule has 0 aromatic rings. The molecule has 2 nitrogen and oxygen atoms in total. The quantitative estimate of drug-likeness (QED) is 0.736. The van der Waals surface area contributed by atoms with E-state index in [1.54, 1.807) is 0 Å². The van der Waals surface area contributed by atoms with Crippen molar-refractivity contribution in [3.63, 3.8) is 0 Å². The minimum absolute atomic E-state index is 0.232. The molecule has 0 amide bonds. The number of hydrogen-bond acceptors (Lipinski definition) is 2. The summed E-state index contributed by atoms with van der Waals surface area (Å²) in [6.07, 6.45) is 3.87. The van der Waals surface area contributed by atoms with Gasteiger partial charge >= 0.3 is 0 Å². The van der Waals surface area contributed by atoms with E-state index in [9.17, 15) is 5.11 Å². The lowest BCUT2D eigenvalue weighted by atomic mass is 9.69. The van der Waals surface area contributed by atoms with E-state index in [0.29, 0.717) is 11.8 Å². The van der Waals surface area contributed by atoms with Crippen LogP contribution in [0.25, 0.3) is 0 Å². The van der Waals surface area contributed by atoms with Gasteiger partial charge in [0, 0.05) is 0 Å². The molecule has 0 spiro atoms. The second kappa shape index (κ2) is 4.31. The van der Waals surface area contributed by atoms with Crippen LogP contribution in [0.1, 0.15) is 46.5 Å². The first-order valence-electron chi connectivity index (χ1n) is 5.61. The van der Waals surface area contributed by atoms with Crippen LogP contribution >= 0.6 is 0 Å². The summed E-state index contributed by atoms with van der Waals surface area (Å²) < 4.78 is 0. The van der Waals surface area contributed by atoms with Gasteiger partial charge in [-0.3, -0.25) is 0 Å². The maximum Gasteiger partial charge on any atom is 0.0805 e. The molecule has 0 aromatic heterocycles. The SMILES string of the molecule is CC(C)C1CCCC(O)(C(C)C#N)C1. The predicted molar refractivity (Wildman–Crippen MR) is 56.5 cm³/mol. The molecule has 3 atom stereocenters. The van der Waals surface area contributed by atoms with Gasteiger partial charge in [-0.2, -0.15) is 5.26 Å². The van der Waals surface area contributed by atoms with Crippen LogP contribution < -0.4 is 0 Å². The first-order valence-corrected chi connectivity index (χ1v) is 5.61. The largest absolute Gasteiger partial charge is 0.389 e. The maximum atomic E-state index is 10.3. The Labute approximate surface area is 86.9 Å². The molecule has 1 aliphatic carbocycles. The fourth-order valence-corrected chi connectivity index (χ4v) is 2.41. The Hall–Kier alpha value is -0.550. The molecular weight excluding hydrogens is 174 g/mol. The second-order valence-electron chi connectivity index (χ2n) is 5.05. The van der Waals surface area contributed by atoms with Gasteiger partial charge in [0.05, 0.1) is 17.6 Å². The first-order chi connectivity index (χ1) is 6.49. The van der Waals surface area contributed by atoms with Crippen LogP contribution in [0.5, 0.6) is 0 Å². The number of rotatable bonds is 2. The number of hydrogen-bond donors (Lipinski definition) is 1. The van der Waals surface area contributed by atoms with Gasteiger partial charge in [-0.1, -0.05) is 20.3 Å². The summed E-state index contributed by atoms with van der Waals surface area (Å²) in [6.45, 7) is 6.24. The van der Waals surface area contributed by atoms with Gasteiger partial charge in [0.25, 0.3) is 0 Å². The molecule has 3 unspecified atom stereocenters. The van der Waals surface area contributed by atoms with Crippen LogP contribution in [0, 0.1) is 29.1 Å². The third-order valence-corrected chi connectivity index (χ3v) is 3.74. The zero-order chi connectivity index (χ0) is 10.8. The molecule has 0 bridgehead atoms. The smallest absolute Gasteiger partial charge is 0.0805 e. The van der Waals surface area contributed by atoms with Crippen LogP contribution in [0.3, 0.4) is 0 Å². The van der Waals surface area contributed by atoms with Crippen LogP contribution in [0.15, 0.2) is 0 Å². The number of nitrogens with zero attached hydrogens (tertiary/aromatic N) is 1. The van der Waals surface area contributed by atoms with Crippen LogP contribution in [-0.2, 0) is 0 Å². The van der Waals surface area contributed by atoms with Gasteiger partial charge in [-0.25, -0.2) is 0 Å². The summed E-state index contributed by atoms with van der Waals surface area (Å²) in [7, 11) is 0. The van der Waals surface area contributed by atoms with Gasteiger partial charge in [0.1, 0.15) is 0 Å². The third-order valence-electron chi connectivity index (χ3n) is 3.74. The summed E-state index contributed by atoms with van der Waals surface area (Å²) in [4.78, 5) is 0. The molecular formula is C12H21NO. The van der Waals surface area contributed by atoms with Crippen molar-refractivity contribution in [3.8, 4) is 6.07 Å². The first kappa shape index (κ1) is 11.5. The van der Waals surface area contributed by atoms with E-state index >= 15 is 0 Å². The normalized spacial score (nSPS) is 35.3. The highest BCUT2D eigenvalue weighted by molar-refractivity contribution is 4.99. The summed E-state index contributed by atoms with van der Waals surface area (Å²) in [6, 6.07) is 2.18. The Morgan fingerprint density at radius 3 is 2.57 bits per heavy atom. The zero-order valence-corrected chi connectivity index (χ0v) is 9.45. The molecule has 1 aliphatic rings. The molecule has 1 fully saturated rings. The average molecular weight is 195 g/mol. The van der Waals surface area contributed by atoms with Gasteiger partial charge in [-0.15, -0.1) is 0 Å². The lowest BCUT2D eigenvalue weighted by molar-refractivity contribution is -0.0500. The lowest BCUT2D eigenvalue weighted by Crippen LogP contribution is -2.41. The van der Waals surface area contributed by atoms with Crippen molar-refractivity contribution >= 4 is 0 Å². The molecule has 1 rings (SSSR count). The Balaban J connectivity index is 2.68. The summed E-state index contributed by atoms with van der Waals surface area (Å²) in [5.41, 5.74) is -0.720. The molecule has 2 heteroatoms. The summed E-state index contributed by atoms with van der Waals surface area (Å²) >= 11 is 0. The maximum absolute atomic E-state index is 10.3. The van der Waals surface area contributed by atoms with E-state index in [2.05, 4.69) is 19.9 Å². The lowest BCUT2D eigenvalue weighted by Gasteiger charge is -2.40. The second-order valence-corrected chi connectivity index (χ2v) is 5.05. The molecule has 14 heavy (non-hydrogen) atoms. The fraction of sp³-hybridized carbons (Fsp3) is 0.917. The minimum atomic E-state index is -0.720. The van der Waals surface area contributed by atoms with E-state index in [0.717, 1.165) is 19.3 Å². The van der Waals surface area contributed by atoms with Crippen molar-refractivity contribution in [1.82, 2.24) is 0 Å². The molecule has 0 aromatic carbocycles. The average Bonchev–Trinajstić information content (AvgIpc) is 2.16. The molecule has 0 saturated heterocycles. The van der Waals surface area contributed by atoms with E-state index in [1.165, 1.54) is 6.42 Å². The highest BCUT2D eigenvalue weighted by atomic mass is 16.3. The number of nitriles is 1.